The van der Waals surface area contributed by atoms with Gasteiger partial charge in [0.15, 0.2) is 8.32 Å². The molecule has 0 saturated heterocycles. The Morgan fingerprint density at radius 2 is 1.12 bits per heavy atom. The van der Waals surface area contributed by atoms with E-state index >= 15 is 0 Å². The van der Waals surface area contributed by atoms with Gasteiger partial charge in [-0.15, -0.1) is 0 Å². The third-order valence-electron chi connectivity index (χ3n) is 4.62. The molecule has 0 bridgehead atoms. The van der Waals surface area contributed by atoms with Crippen LogP contribution < -0.4 is 0 Å². The third kappa shape index (κ3) is 2.62. The van der Waals surface area contributed by atoms with Crippen LogP contribution in [0.4, 0.5) is 0 Å². The predicted octanol–water partition coefficient (Wildman–Crippen LogP) is 6.57. The van der Waals surface area contributed by atoms with Crippen LogP contribution in [0.2, 0.25) is 19.6 Å². The van der Waals surface area contributed by atoms with Gasteiger partial charge in [0.2, 0.25) is 0 Å². The van der Waals surface area contributed by atoms with Crippen molar-refractivity contribution in [3.05, 3.63) is 94.0 Å². The molecule has 0 atom stereocenters. The van der Waals surface area contributed by atoms with Crippen LogP contribution in [0.5, 0.6) is 0 Å². The molecule has 0 aromatic heterocycles. The van der Waals surface area contributed by atoms with Crippen molar-refractivity contribution in [2.24, 2.45) is 0 Å². The fourth-order valence-electron chi connectivity index (χ4n) is 3.86. The van der Waals surface area contributed by atoms with E-state index in [0.29, 0.717) is 0 Å². The van der Waals surface area contributed by atoms with E-state index in [1.165, 1.54) is 27.8 Å². The summed E-state index contributed by atoms with van der Waals surface area (Å²) in [6.45, 7) is 6.78. The largest absolute Gasteiger partial charge is 0.400 e. The summed E-state index contributed by atoms with van der Waals surface area (Å²) in [5.41, 5.74) is 5.64. The van der Waals surface area contributed by atoms with Crippen molar-refractivity contribution < 1.29 is 4.43 Å². The van der Waals surface area contributed by atoms with Gasteiger partial charge >= 0.3 is 0 Å². The van der Waals surface area contributed by atoms with Crippen molar-refractivity contribution in [1.82, 2.24) is 0 Å². The van der Waals surface area contributed by atoms with Crippen molar-refractivity contribution in [3.63, 3.8) is 0 Å². The molecule has 3 aromatic rings. The molecule has 3 heteroatoms. The molecule has 0 N–H and O–H groups in total. The zero-order chi connectivity index (χ0) is 17.7. The summed E-state index contributed by atoms with van der Waals surface area (Å²) >= 11 is 3.79. The Bertz CT molecular complexity index is 897. The maximum Gasteiger partial charge on any atom is 0.185 e. The predicted molar refractivity (Wildman–Crippen MR) is 110 cm³/mol. The maximum atomic E-state index is 7.02. The van der Waals surface area contributed by atoms with Gasteiger partial charge in [0.05, 0.1) is 0 Å². The minimum absolute atomic E-state index is 0.558. The number of fused-ring (bicyclic) bond motifs is 3. The molecule has 25 heavy (non-hydrogen) atoms. The number of benzene rings is 3. The highest BCUT2D eigenvalue weighted by Gasteiger charge is 2.48. The summed E-state index contributed by atoms with van der Waals surface area (Å²) in [5.74, 6) is 0. The highest BCUT2D eigenvalue weighted by atomic mass is 79.9. The molecule has 1 nitrogen and oxygen atoms in total. The lowest BCUT2D eigenvalue weighted by atomic mass is 9.84. The van der Waals surface area contributed by atoms with Gasteiger partial charge in [0.1, 0.15) is 5.60 Å². The van der Waals surface area contributed by atoms with E-state index in [1.807, 2.05) is 0 Å². The molecule has 0 heterocycles. The average Bonchev–Trinajstić information content (AvgIpc) is 2.86. The van der Waals surface area contributed by atoms with E-state index in [1.54, 1.807) is 0 Å². The smallest absolute Gasteiger partial charge is 0.185 e. The van der Waals surface area contributed by atoms with Crippen LogP contribution in [0, 0.1) is 0 Å². The quantitative estimate of drug-likeness (QED) is 0.445. The van der Waals surface area contributed by atoms with Gasteiger partial charge in [0, 0.05) is 10.0 Å². The molecule has 126 valence electrons. The van der Waals surface area contributed by atoms with Crippen LogP contribution in [0.15, 0.2) is 77.3 Å². The van der Waals surface area contributed by atoms with Gasteiger partial charge in [-0.05, 0) is 48.0 Å². The van der Waals surface area contributed by atoms with E-state index in [-0.39, 0.29) is 0 Å². The lowest BCUT2D eigenvalue weighted by molar-refractivity contribution is 0.151. The Morgan fingerprint density at radius 3 is 1.60 bits per heavy atom. The fourth-order valence-corrected chi connectivity index (χ4v) is 5.67. The molecule has 0 amide bonds. The molecule has 1 aliphatic rings. The van der Waals surface area contributed by atoms with Crippen molar-refractivity contribution in [3.8, 4) is 11.1 Å². The minimum atomic E-state index is -1.86. The fraction of sp³-hybridized carbons (Fsp3) is 0.182. The van der Waals surface area contributed by atoms with E-state index in [4.69, 9.17) is 4.43 Å². The first-order valence-corrected chi connectivity index (χ1v) is 12.8. The molecule has 0 fully saturated rings. The first-order valence-electron chi connectivity index (χ1n) is 8.58. The standard InChI is InChI=1S/C22H21BrOSi/c1-25(2,3)24-22(20-14-8-9-15-21(20)23)18-12-6-4-10-16(18)17-11-5-7-13-19(17)22/h4-15H,1-3H3. The van der Waals surface area contributed by atoms with Gasteiger partial charge in [0.25, 0.3) is 0 Å². The summed E-state index contributed by atoms with van der Waals surface area (Å²) in [6, 6.07) is 25.7. The van der Waals surface area contributed by atoms with Crippen molar-refractivity contribution in [1.29, 1.82) is 0 Å². The lowest BCUT2D eigenvalue weighted by Crippen LogP contribution is -2.41. The normalized spacial score (nSPS) is 14.9. The van der Waals surface area contributed by atoms with Crippen LogP contribution in [-0.4, -0.2) is 8.32 Å². The Morgan fingerprint density at radius 1 is 0.680 bits per heavy atom. The highest BCUT2D eigenvalue weighted by Crippen LogP contribution is 2.55. The van der Waals surface area contributed by atoms with E-state index in [2.05, 4.69) is 108 Å². The molecule has 0 saturated carbocycles. The molecular weight excluding hydrogens is 388 g/mol. The van der Waals surface area contributed by atoms with Crippen LogP contribution in [0.25, 0.3) is 11.1 Å². The summed E-state index contributed by atoms with van der Waals surface area (Å²) < 4.78 is 8.10. The van der Waals surface area contributed by atoms with Crippen molar-refractivity contribution >= 4 is 24.2 Å². The van der Waals surface area contributed by atoms with Crippen LogP contribution in [0.1, 0.15) is 16.7 Å². The molecule has 0 aliphatic heterocycles. The molecular formula is C22H21BrOSi. The van der Waals surface area contributed by atoms with Gasteiger partial charge in [-0.25, -0.2) is 0 Å². The molecule has 0 spiro atoms. The third-order valence-corrected chi connectivity index (χ3v) is 6.23. The van der Waals surface area contributed by atoms with Gasteiger partial charge in [-0.2, -0.15) is 0 Å². The Balaban J connectivity index is 2.13. The summed E-state index contributed by atoms with van der Waals surface area (Å²) in [5, 5.41) is 0. The highest BCUT2D eigenvalue weighted by molar-refractivity contribution is 9.10. The van der Waals surface area contributed by atoms with E-state index in [9.17, 15) is 0 Å². The number of halogens is 1. The summed E-state index contributed by atoms with van der Waals surface area (Å²) in [4.78, 5) is 0. The van der Waals surface area contributed by atoms with Gasteiger partial charge in [-0.1, -0.05) is 82.7 Å². The van der Waals surface area contributed by atoms with Crippen LogP contribution >= 0.6 is 15.9 Å². The lowest BCUT2D eigenvalue weighted by Gasteiger charge is -2.39. The molecule has 0 unspecified atom stereocenters. The van der Waals surface area contributed by atoms with Crippen molar-refractivity contribution in [2.75, 3.05) is 0 Å². The zero-order valence-corrected chi connectivity index (χ0v) is 17.3. The molecule has 3 aromatic carbocycles. The van der Waals surface area contributed by atoms with E-state index in [0.717, 1.165) is 4.47 Å². The summed E-state index contributed by atoms with van der Waals surface area (Å²) in [7, 11) is -1.86. The summed E-state index contributed by atoms with van der Waals surface area (Å²) in [6.07, 6.45) is 0. The molecule has 1 aliphatic carbocycles. The van der Waals surface area contributed by atoms with Crippen LogP contribution in [0.3, 0.4) is 0 Å². The number of hydrogen-bond donors (Lipinski definition) is 0. The van der Waals surface area contributed by atoms with E-state index < -0.39 is 13.9 Å². The van der Waals surface area contributed by atoms with Gasteiger partial charge in [-0.3, -0.25) is 0 Å². The van der Waals surface area contributed by atoms with Gasteiger partial charge < -0.3 is 4.43 Å². The minimum Gasteiger partial charge on any atom is -0.400 e. The van der Waals surface area contributed by atoms with Crippen LogP contribution in [-0.2, 0) is 10.0 Å². The number of hydrogen-bond acceptors (Lipinski definition) is 1. The SMILES string of the molecule is C[Si](C)(C)OC1(c2ccccc2Br)c2ccccc2-c2ccccc21. The van der Waals surface area contributed by atoms with Crippen molar-refractivity contribution in [2.45, 2.75) is 25.2 Å². The number of rotatable bonds is 3. The second-order valence-electron chi connectivity index (χ2n) is 7.47. The second-order valence-corrected chi connectivity index (χ2v) is 12.7. The first-order chi connectivity index (χ1) is 11.9. The average molecular weight is 409 g/mol. The zero-order valence-electron chi connectivity index (χ0n) is 14.7. The Hall–Kier alpha value is -1.68. The first kappa shape index (κ1) is 16.8. The maximum absolute atomic E-state index is 7.02. The Kier molecular flexibility index (Phi) is 3.98. The molecule has 4 rings (SSSR count). The monoisotopic (exact) mass is 408 g/mol. The second kappa shape index (κ2) is 5.94. The topological polar surface area (TPSA) is 9.23 Å². The Labute approximate surface area is 158 Å². The molecule has 0 radical (unpaired) electrons.